The average molecular weight is 283 g/mol. The SMILES string of the molecule is Cn1cc(CCn2c(=S)[nH]c3c(C#N)cccc32)cn1. The van der Waals surface area contributed by atoms with E-state index < -0.39 is 0 Å². The van der Waals surface area contributed by atoms with Crippen molar-refractivity contribution in [1.82, 2.24) is 19.3 Å². The van der Waals surface area contributed by atoms with Crippen LogP contribution in [-0.4, -0.2) is 19.3 Å². The van der Waals surface area contributed by atoms with Crippen LogP contribution in [0.25, 0.3) is 11.0 Å². The Morgan fingerprint density at radius 3 is 3.00 bits per heavy atom. The number of nitrogens with zero attached hydrogens (tertiary/aromatic N) is 4. The van der Waals surface area contributed by atoms with Gasteiger partial charge in [-0.05, 0) is 36.3 Å². The van der Waals surface area contributed by atoms with E-state index in [1.807, 2.05) is 36.1 Å². The predicted molar refractivity (Wildman–Crippen MR) is 78.7 cm³/mol. The molecule has 3 aromatic rings. The highest BCUT2D eigenvalue weighted by Crippen LogP contribution is 2.18. The van der Waals surface area contributed by atoms with Crippen molar-refractivity contribution in [3.8, 4) is 6.07 Å². The zero-order chi connectivity index (χ0) is 14.1. The molecule has 5 nitrogen and oxygen atoms in total. The zero-order valence-corrected chi connectivity index (χ0v) is 11.8. The van der Waals surface area contributed by atoms with Gasteiger partial charge >= 0.3 is 0 Å². The molecule has 0 unspecified atom stereocenters. The van der Waals surface area contributed by atoms with E-state index >= 15 is 0 Å². The minimum atomic E-state index is 0.619. The van der Waals surface area contributed by atoms with E-state index in [1.165, 1.54) is 5.56 Å². The average Bonchev–Trinajstić information content (AvgIpc) is 2.99. The van der Waals surface area contributed by atoms with Crippen molar-refractivity contribution >= 4 is 23.3 Å². The fourth-order valence-electron chi connectivity index (χ4n) is 2.34. The number of hydrogen-bond donors (Lipinski definition) is 1. The third-order valence-corrected chi connectivity index (χ3v) is 3.64. The Balaban J connectivity index is 1.98. The van der Waals surface area contributed by atoms with Crippen LogP contribution in [0.4, 0.5) is 0 Å². The lowest BCUT2D eigenvalue weighted by atomic mass is 10.2. The van der Waals surface area contributed by atoms with Crippen LogP contribution < -0.4 is 0 Å². The number of fused-ring (bicyclic) bond motifs is 1. The van der Waals surface area contributed by atoms with E-state index in [0.717, 1.165) is 24.0 Å². The first kappa shape index (κ1) is 12.6. The van der Waals surface area contributed by atoms with Gasteiger partial charge in [0.1, 0.15) is 6.07 Å². The standard InChI is InChI=1S/C14H13N5S/c1-18-9-10(8-16-18)5-6-19-12-4-2-3-11(7-15)13(12)17-14(19)20/h2-4,8-9H,5-6H2,1H3,(H,17,20). The molecule has 2 aromatic heterocycles. The van der Waals surface area contributed by atoms with Crippen molar-refractivity contribution in [2.45, 2.75) is 13.0 Å². The summed E-state index contributed by atoms with van der Waals surface area (Å²) in [7, 11) is 1.90. The number of aryl methyl sites for hydroxylation is 3. The normalized spacial score (nSPS) is 10.8. The van der Waals surface area contributed by atoms with E-state index in [1.54, 1.807) is 10.7 Å². The molecule has 0 fully saturated rings. The van der Waals surface area contributed by atoms with Crippen molar-refractivity contribution in [3.05, 3.63) is 46.5 Å². The van der Waals surface area contributed by atoms with E-state index in [0.29, 0.717) is 10.3 Å². The molecule has 0 bridgehead atoms. The van der Waals surface area contributed by atoms with Gasteiger partial charge in [-0.1, -0.05) is 6.07 Å². The van der Waals surface area contributed by atoms with Crippen LogP contribution in [0.3, 0.4) is 0 Å². The van der Waals surface area contributed by atoms with Gasteiger partial charge in [0.05, 0.1) is 22.8 Å². The molecule has 100 valence electrons. The highest BCUT2D eigenvalue weighted by Gasteiger charge is 2.08. The van der Waals surface area contributed by atoms with E-state index in [2.05, 4.69) is 16.2 Å². The third kappa shape index (κ3) is 2.12. The topological polar surface area (TPSA) is 62.3 Å². The van der Waals surface area contributed by atoms with Crippen LogP contribution in [0.15, 0.2) is 30.6 Å². The summed E-state index contributed by atoms with van der Waals surface area (Å²) in [6.07, 6.45) is 4.71. The molecule has 1 N–H and O–H groups in total. The van der Waals surface area contributed by atoms with Gasteiger partial charge in [-0.3, -0.25) is 4.68 Å². The van der Waals surface area contributed by atoms with E-state index in [9.17, 15) is 0 Å². The first-order valence-electron chi connectivity index (χ1n) is 6.28. The summed E-state index contributed by atoms with van der Waals surface area (Å²) in [6, 6.07) is 7.83. The van der Waals surface area contributed by atoms with Crippen LogP contribution in [0.1, 0.15) is 11.1 Å². The maximum atomic E-state index is 9.12. The Morgan fingerprint density at radius 2 is 2.30 bits per heavy atom. The van der Waals surface area contributed by atoms with Crippen LogP contribution in [-0.2, 0) is 20.0 Å². The Bertz CT molecular complexity index is 862. The number of nitriles is 1. The molecule has 20 heavy (non-hydrogen) atoms. The summed E-state index contributed by atoms with van der Waals surface area (Å²) in [5.74, 6) is 0. The quantitative estimate of drug-likeness (QED) is 0.751. The summed E-state index contributed by atoms with van der Waals surface area (Å²) in [5, 5.41) is 13.3. The maximum absolute atomic E-state index is 9.12. The smallest absolute Gasteiger partial charge is 0.178 e. The van der Waals surface area contributed by atoms with Crippen molar-refractivity contribution in [2.75, 3.05) is 0 Å². The summed E-state index contributed by atoms with van der Waals surface area (Å²) >= 11 is 5.36. The maximum Gasteiger partial charge on any atom is 0.178 e. The molecular weight excluding hydrogens is 270 g/mol. The second-order valence-corrected chi connectivity index (χ2v) is 5.05. The number of benzene rings is 1. The molecule has 0 aliphatic rings. The molecule has 0 radical (unpaired) electrons. The number of aromatic nitrogens is 4. The number of rotatable bonds is 3. The van der Waals surface area contributed by atoms with Crippen molar-refractivity contribution < 1.29 is 0 Å². The molecule has 0 saturated carbocycles. The molecule has 6 heteroatoms. The van der Waals surface area contributed by atoms with Gasteiger partial charge in [0.2, 0.25) is 0 Å². The number of hydrogen-bond acceptors (Lipinski definition) is 3. The Kier molecular flexibility index (Phi) is 3.12. The number of imidazole rings is 1. The molecule has 0 aliphatic heterocycles. The largest absolute Gasteiger partial charge is 0.329 e. The highest BCUT2D eigenvalue weighted by molar-refractivity contribution is 7.71. The van der Waals surface area contributed by atoms with Crippen molar-refractivity contribution in [2.24, 2.45) is 7.05 Å². The number of H-pyrrole nitrogens is 1. The van der Waals surface area contributed by atoms with Crippen molar-refractivity contribution in [3.63, 3.8) is 0 Å². The first-order chi connectivity index (χ1) is 9.69. The lowest BCUT2D eigenvalue weighted by Crippen LogP contribution is -2.00. The minimum Gasteiger partial charge on any atom is -0.329 e. The van der Waals surface area contributed by atoms with Crippen LogP contribution in [0, 0.1) is 16.1 Å². The second kappa shape index (κ2) is 4.94. The van der Waals surface area contributed by atoms with Crippen molar-refractivity contribution in [1.29, 1.82) is 5.26 Å². The number of para-hydroxylation sites is 1. The van der Waals surface area contributed by atoms with Crippen LogP contribution in [0.2, 0.25) is 0 Å². The van der Waals surface area contributed by atoms with Gasteiger partial charge in [0, 0.05) is 19.8 Å². The predicted octanol–water partition coefficient (Wildman–Crippen LogP) is 2.55. The Morgan fingerprint density at radius 1 is 1.45 bits per heavy atom. The Hall–Kier alpha value is -2.39. The third-order valence-electron chi connectivity index (χ3n) is 3.31. The van der Waals surface area contributed by atoms with E-state index in [-0.39, 0.29) is 0 Å². The molecule has 0 spiro atoms. The van der Waals surface area contributed by atoms with Gasteiger partial charge in [0.15, 0.2) is 4.77 Å². The minimum absolute atomic E-state index is 0.619. The molecule has 2 heterocycles. The monoisotopic (exact) mass is 283 g/mol. The lowest BCUT2D eigenvalue weighted by Gasteiger charge is -2.03. The Labute approximate surface area is 121 Å². The highest BCUT2D eigenvalue weighted by atomic mass is 32.1. The second-order valence-electron chi connectivity index (χ2n) is 4.67. The van der Waals surface area contributed by atoms with Gasteiger partial charge in [-0.25, -0.2) is 0 Å². The van der Waals surface area contributed by atoms with Gasteiger partial charge in [-0.2, -0.15) is 10.4 Å². The van der Waals surface area contributed by atoms with Gasteiger partial charge < -0.3 is 9.55 Å². The fraction of sp³-hybridized carbons (Fsp3) is 0.214. The summed E-state index contributed by atoms with van der Waals surface area (Å²) in [4.78, 5) is 3.12. The molecule has 0 aliphatic carbocycles. The molecule has 0 saturated heterocycles. The summed E-state index contributed by atoms with van der Waals surface area (Å²) in [6.45, 7) is 0.763. The number of nitrogens with one attached hydrogen (secondary N) is 1. The molecule has 0 atom stereocenters. The van der Waals surface area contributed by atoms with Crippen LogP contribution >= 0.6 is 12.2 Å². The first-order valence-corrected chi connectivity index (χ1v) is 6.69. The van der Waals surface area contributed by atoms with Gasteiger partial charge in [-0.15, -0.1) is 0 Å². The fourth-order valence-corrected chi connectivity index (χ4v) is 2.63. The summed E-state index contributed by atoms with van der Waals surface area (Å²) < 4.78 is 4.46. The van der Waals surface area contributed by atoms with E-state index in [4.69, 9.17) is 17.5 Å². The summed E-state index contributed by atoms with van der Waals surface area (Å²) in [5.41, 5.74) is 3.57. The molecule has 0 amide bonds. The molecule has 1 aromatic carbocycles. The van der Waals surface area contributed by atoms with Gasteiger partial charge in [0.25, 0.3) is 0 Å². The molecule has 3 rings (SSSR count). The van der Waals surface area contributed by atoms with Crippen LogP contribution in [0.5, 0.6) is 0 Å². The molecular formula is C14H13N5S. The lowest BCUT2D eigenvalue weighted by molar-refractivity contribution is 0.705. The zero-order valence-electron chi connectivity index (χ0n) is 11.0. The number of aromatic amines is 1.